The molecule has 0 N–H and O–H groups in total. The predicted molar refractivity (Wildman–Crippen MR) is 101 cm³/mol. The lowest BCUT2D eigenvalue weighted by atomic mass is 10.1. The molecule has 0 bridgehead atoms. The van der Waals surface area contributed by atoms with Crippen molar-refractivity contribution >= 4 is 29.4 Å². The van der Waals surface area contributed by atoms with E-state index in [1.165, 1.54) is 24.2 Å². The number of nitrogens with zero attached hydrogens (tertiary/aromatic N) is 4. The van der Waals surface area contributed by atoms with E-state index in [0.717, 1.165) is 23.9 Å². The van der Waals surface area contributed by atoms with Gasteiger partial charge in [0, 0.05) is 31.5 Å². The van der Waals surface area contributed by atoms with Crippen LogP contribution in [0.2, 0.25) is 0 Å². The summed E-state index contributed by atoms with van der Waals surface area (Å²) in [4.78, 5) is 37.1. The van der Waals surface area contributed by atoms with Crippen molar-refractivity contribution in [2.75, 3.05) is 30.3 Å². The minimum absolute atomic E-state index is 0.206. The summed E-state index contributed by atoms with van der Waals surface area (Å²) < 4.78 is 0. The lowest BCUT2D eigenvalue weighted by molar-refractivity contribution is 0.0664. The van der Waals surface area contributed by atoms with Crippen LogP contribution < -0.4 is 4.90 Å². The summed E-state index contributed by atoms with van der Waals surface area (Å²) in [6, 6.07) is 8.98. The van der Waals surface area contributed by atoms with E-state index in [2.05, 4.69) is 14.9 Å². The normalized spacial score (nSPS) is 16.9. The van der Waals surface area contributed by atoms with E-state index in [-0.39, 0.29) is 11.8 Å². The number of benzene rings is 1. The first-order chi connectivity index (χ1) is 12.7. The molecule has 1 aromatic heterocycles. The van der Waals surface area contributed by atoms with Crippen LogP contribution in [0.1, 0.15) is 40.0 Å². The van der Waals surface area contributed by atoms with E-state index < -0.39 is 0 Å². The molecule has 7 heteroatoms. The van der Waals surface area contributed by atoms with Crippen LogP contribution in [-0.4, -0.2) is 52.1 Å². The van der Waals surface area contributed by atoms with Crippen molar-refractivity contribution in [3.05, 3.63) is 47.8 Å². The Morgan fingerprint density at radius 2 is 1.65 bits per heavy atom. The Hall–Kier alpha value is -2.41. The van der Waals surface area contributed by atoms with Gasteiger partial charge in [-0.15, -0.1) is 11.8 Å². The number of fused-ring (bicyclic) bond motifs is 1. The third kappa shape index (κ3) is 3.31. The van der Waals surface area contributed by atoms with Crippen molar-refractivity contribution in [3.63, 3.8) is 0 Å². The van der Waals surface area contributed by atoms with Gasteiger partial charge in [-0.2, -0.15) is 0 Å². The minimum Gasteiger partial charge on any atom is -0.356 e. The molecule has 134 valence electrons. The minimum atomic E-state index is -0.206. The van der Waals surface area contributed by atoms with Gasteiger partial charge in [-0.1, -0.05) is 12.1 Å². The third-order valence-corrected chi connectivity index (χ3v) is 5.66. The maximum absolute atomic E-state index is 12.4. The van der Waals surface area contributed by atoms with Gasteiger partial charge in [-0.25, -0.2) is 9.97 Å². The number of piperidine rings is 1. The number of carbonyl (C=O) groups excluding carboxylic acids is 2. The summed E-state index contributed by atoms with van der Waals surface area (Å²) in [5.41, 5.74) is 0.994. The lowest BCUT2D eigenvalue weighted by Gasteiger charge is -2.27. The molecule has 0 saturated carbocycles. The summed E-state index contributed by atoms with van der Waals surface area (Å²) in [5, 5.41) is 0.872. The zero-order valence-corrected chi connectivity index (χ0v) is 15.2. The Labute approximate surface area is 156 Å². The van der Waals surface area contributed by atoms with Crippen molar-refractivity contribution in [2.45, 2.75) is 24.3 Å². The van der Waals surface area contributed by atoms with Crippen molar-refractivity contribution in [2.24, 2.45) is 0 Å². The third-order valence-electron chi connectivity index (χ3n) is 4.75. The Balaban J connectivity index is 1.37. The SMILES string of the molecule is O=C1c2ccccc2C(=O)N1CCSc1cc(N2CCCCC2)ncn1. The topological polar surface area (TPSA) is 66.4 Å². The number of aromatic nitrogens is 2. The van der Waals surface area contributed by atoms with Crippen molar-refractivity contribution in [3.8, 4) is 0 Å². The number of anilines is 1. The average Bonchev–Trinajstić information content (AvgIpc) is 2.94. The lowest BCUT2D eigenvalue weighted by Crippen LogP contribution is -2.31. The monoisotopic (exact) mass is 368 g/mol. The fourth-order valence-corrected chi connectivity index (χ4v) is 4.18. The van der Waals surface area contributed by atoms with Gasteiger partial charge in [0.2, 0.25) is 0 Å². The second kappa shape index (κ2) is 7.45. The molecule has 3 heterocycles. The number of rotatable bonds is 5. The highest BCUT2D eigenvalue weighted by molar-refractivity contribution is 7.99. The molecule has 0 aliphatic carbocycles. The van der Waals surface area contributed by atoms with Gasteiger partial charge in [0.25, 0.3) is 11.8 Å². The highest BCUT2D eigenvalue weighted by Gasteiger charge is 2.34. The van der Waals surface area contributed by atoms with Crippen molar-refractivity contribution < 1.29 is 9.59 Å². The van der Waals surface area contributed by atoms with E-state index in [9.17, 15) is 9.59 Å². The maximum Gasteiger partial charge on any atom is 0.261 e. The van der Waals surface area contributed by atoms with E-state index in [1.807, 2.05) is 6.07 Å². The maximum atomic E-state index is 12.4. The van der Waals surface area contributed by atoms with E-state index in [4.69, 9.17) is 0 Å². The first-order valence-corrected chi connectivity index (χ1v) is 9.87. The van der Waals surface area contributed by atoms with Gasteiger partial charge >= 0.3 is 0 Å². The number of amides is 2. The molecule has 0 radical (unpaired) electrons. The molecule has 2 aliphatic heterocycles. The van der Waals surface area contributed by atoms with Crippen LogP contribution in [0.5, 0.6) is 0 Å². The summed E-state index contributed by atoms with van der Waals surface area (Å²) in [6.07, 6.45) is 5.27. The smallest absolute Gasteiger partial charge is 0.261 e. The first kappa shape index (κ1) is 17.0. The standard InChI is InChI=1S/C19H20N4O2S/c24-18-14-6-2-3-7-15(14)19(25)23(18)10-11-26-17-12-16(20-13-21-17)22-8-4-1-5-9-22/h2-3,6-7,12-13H,1,4-5,8-11H2. The molecule has 4 rings (SSSR count). The molecule has 2 aliphatic rings. The average molecular weight is 368 g/mol. The van der Waals surface area contributed by atoms with Gasteiger partial charge < -0.3 is 4.90 Å². The fraction of sp³-hybridized carbons (Fsp3) is 0.368. The van der Waals surface area contributed by atoms with E-state index in [1.54, 1.807) is 42.4 Å². The number of thioether (sulfide) groups is 1. The first-order valence-electron chi connectivity index (χ1n) is 8.89. The Morgan fingerprint density at radius 1 is 0.962 bits per heavy atom. The molecule has 2 amide bonds. The zero-order chi connectivity index (χ0) is 17.9. The molecule has 1 fully saturated rings. The van der Waals surface area contributed by atoms with E-state index >= 15 is 0 Å². The molecule has 0 unspecified atom stereocenters. The Bertz CT molecular complexity index is 801. The van der Waals surface area contributed by atoms with Gasteiger partial charge in [0.05, 0.1) is 11.1 Å². The molecule has 1 saturated heterocycles. The zero-order valence-electron chi connectivity index (χ0n) is 14.4. The van der Waals surface area contributed by atoms with Crippen LogP contribution >= 0.6 is 11.8 Å². The molecular formula is C19H20N4O2S. The Morgan fingerprint density at radius 3 is 2.35 bits per heavy atom. The second-order valence-electron chi connectivity index (χ2n) is 6.42. The predicted octanol–water partition coefficient (Wildman–Crippen LogP) is 2.86. The number of hydrogen-bond acceptors (Lipinski definition) is 6. The number of carbonyl (C=O) groups is 2. The molecule has 0 spiro atoms. The largest absolute Gasteiger partial charge is 0.356 e. The molecule has 0 atom stereocenters. The van der Waals surface area contributed by atoms with Crippen LogP contribution in [0.25, 0.3) is 0 Å². The second-order valence-corrected chi connectivity index (χ2v) is 7.53. The van der Waals surface area contributed by atoms with Gasteiger partial charge in [0.1, 0.15) is 17.2 Å². The molecule has 6 nitrogen and oxygen atoms in total. The van der Waals surface area contributed by atoms with Gasteiger partial charge in [-0.05, 0) is 31.4 Å². The number of hydrogen-bond donors (Lipinski definition) is 0. The van der Waals surface area contributed by atoms with E-state index in [0.29, 0.717) is 23.4 Å². The van der Waals surface area contributed by atoms with Crippen LogP contribution in [0.3, 0.4) is 0 Å². The van der Waals surface area contributed by atoms with Gasteiger partial charge in [0.15, 0.2) is 0 Å². The molecular weight excluding hydrogens is 348 g/mol. The highest BCUT2D eigenvalue weighted by atomic mass is 32.2. The fourth-order valence-electron chi connectivity index (χ4n) is 3.39. The summed E-state index contributed by atoms with van der Waals surface area (Å²) >= 11 is 1.54. The van der Waals surface area contributed by atoms with Crippen LogP contribution in [-0.2, 0) is 0 Å². The van der Waals surface area contributed by atoms with Crippen molar-refractivity contribution in [1.29, 1.82) is 0 Å². The van der Waals surface area contributed by atoms with Crippen LogP contribution in [0.15, 0.2) is 41.7 Å². The van der Waals surface area contributed by atoms with Gasteiger partial charge in [-0.3, -0.25) is 14.5 Å². The Kier molecular flexibility index (Phi) is 4.88. The van der Waals surface area contributed by atoms with Crippen molar-refractivity contribution in [1.82, 2.24) is 14.9 Å². The quantitative estimate of drug-likeness (QED) is 0.459. The molecule has 2 aromatic rings. The summed E-state index contributed by atoms with van der Waals surface area (Å²) in [5.74, 6) is 1.16. The summed E-state index contributed by atoms with van der Waals surface area (Å²) in [7, 11) is 0. The summed E-state index contributed by atoms with van der Waals surface area (Å²) in [6.45, 7) is 2.45. The highest BCUT2D eigenvalue weighted by Crippen LogP contribution is 2.25. The van der Waals surface area contributed by atoms with Crippen LogP contribution in [0.4, 0.5) is 5.82 Å². The number of imide groups is 1. The molecule has 26 heavy (non-hydrogen) atoms. The molecule has 1 aromatic carbocycles. The van der Waals surface area contributed by atoms with Crippen LogP contribution in [0, 0.1) is 0 Å².